The van der Waals surface area contributed by atoms with E-state index in [4.69, 9.17) is 15.2 Å². The lowest BCUT2D eigenvalue weighted by atomic mass is 9.82. The number of nitrogens with two attached hydrogens (primary N) is 1. The van der Waals surface area contributed by atoms with Crippen molar-refractivity contribution < 1.29 is 27.8 Å². The Morgan fingerprint density at radius 3 is 2.97 bits per heavy atom. The summed E-state index contributed by atoms with van der Waals surface area (Å²) >= 11 is 0. The summed E-state index contributed by atoms with van der Waals surface area (Å²) in [6.45, 7) is -0.456. The molecule has 2 aliphatic heterocycles. The minimum absolute atomic E-state index is 0.0153. The number of ether oxygens (including phenoxy) is 3. The lowest BCUT2D eigenvalue weighted by Gasteiger charge is -2.34. The number of nitrogens with zero attached hydrogens (tertiary/aromatic N) is 3. The molecule has 2 aliphatic rings. The highest BCUT2D eigenvalue weighted by atomic mass is 19.1. The lowest BCUT2D eigenvalue weighted by Crippen LogP contribution is -2.45. The van der Waals surface area contributed by atoms with Crippen LogP contribution >= 0.6 is 0 Å². The standard InChI is InChI=1S/C19H18F2N4O4/c20-10-29-17-8-23-14(7-24-17)15(26)6-11-1-2-13(21)12(5-11)19-3-4-27-16(19)9-28-18(22)25-19/h1-2,5,7-8,16H,3-4,6,9-10H2,(H2,22,25)/t16-,19+/m0/s1. The molecule has 1 aromatic carbocycles. The van der Waals surface area contributed by atoms with E-state index in [-0.39, 0.29) is 36.4 Å². The quantitative estimate of drug-likeness (QED) is 0.730. The molecule has 0 bridgehead atoms. The second-order valence-corrected chi connectivity index (χ2v) is 6.70. The zero-order chi connectivity index (χ0) is 20.4. The van der Waals surface area contributed by atoms with E-state index < -0.39 is 24.3 Å². The van der Waals surface area contributed by atoms with Crippen molar-refractivity contribution in [2.24, 2.45) is 10.7 Å². The fourth-order valence-electron chi connectivity index (χ4n) is 3.61. The number of hydrogen-bond acceptors (Lipinski definition) is 8. The first-order valence-corrected chi connectivity index (χ1v) is 8.94. The average molecular weight is 404 g/mol. The van der Waals surface area contributed by atoms with Gasteiger partial charge in [0.15, 0.2) is 5.78 Å². The molecule has 1 saturated heterocycles. The summed E-state index contributed by atoms with van der Waals surface area (Å²) < 4.78 is 42.3. The molecule has 10 heteroatoms. The summed E-state index contributed by atoms with van der Waals surface area (Å²) in [6.07, 6.45) is 2.35. The molecule has 2 aromatic rings. The smallest absolute Gasteiger partial charge is 0.283 e. The first-order chi connectivity index (χ1) is 14.0. The molecule has 1 aromatic heterocycles. The van der Waals surface area contributed by atoms with Gasteiger partial charge in [0.1, 0.15) is 29.8 Å². The van der Waals surface area contributed by atoms with Gasteiger partial charge < -0.3 is 19.9 Å². The van der Waals surface area contributed by atoms with Crippen LogP contribution in [-0.4, -0.2) is 48.0 Å². The van der Waals surface area contributed by atoms with Gasteiger partial charge in [0.25, 0.3) is 6.02 Å². The summed E-state index contributed by atoms with van der Waals surface area (Å²) in [7, 11) is 0. The number of Topliss-reactive ketones (excluding diaryl/α,β-unsaturated/α-hetero) is 1. The molecule has 4 rings (SSSR count). The minimum Gasteiger partial charge on any atom is -0.463 e. The topological polar surface area (TPSA) is 109 Å². The van der Waals surface area contributed by atoms with Crippen LogP contribution in [0, 0.1) is 5.82 Å². The van der Waals surface area contributed by atoms with Crippen molar-refractivity contribution >= 4 is 11.8 Å². The van der Waals surface area contributed by atoms with Gasteiger partial charge in [-0.25, -0.2) is 23.7 Å². The zero-order valence-electron chi connectivity index (χ0n) is 15.3. The highest BCUT2D eigenvalue weighted by Gasteiger charge is 2.50. The van der Waals surface area contributed by atoms with Gasteiger partial charge in [-0.05, 0) is 17.7 Å². The number of ketones is 1. The molecule has 2 N–H and O–H groups in total. The molecule has 0 aliphatic carbocycles. The fraction of sp³-hybridized carbons (Fsp3) is 0.368. The number of fused-ring (bicyclic) bond motifs is 1. The summed E-state index contributed by atoms with van der Waals surface area (Å²) in [5.74, 6) is -0.800. The molecule has 8 nitrogen and oxygen atoms in total. The van der Waals surface area contributed by atoms with Gasteiger partial charge in [-0.3, -0.25) is 4.79 Å². The predicted molar refractivity (Wildman–Crippen MR) is 96.7 cm³/mol. The molecule has 3 heterocycles. The number of halogens is 2. The highest BCUT2D eigenvalue weighted by molar-refractivity contribution is 5.95. The van der Waals surface area contributed by atoms with Crippen molar-refractivity contribution in [3.05, 3.63) is 53.2 Å². The normalized spacial score (nSPS) is 23.1. The zero-order valence-corrected chi connectivity index (χ0v) is 15.3. The summed E-state index contributed by atoms with van der Waals surface area (Å²) in [4.78, 5) is 24.7. The van der Waals surface area contributed by atoms with Crippen LogP contribution in [0.25, 0.3) is 0 Å². The third-order valence-corrected chi connectivity index (χ3v) is 5.01. The molecular weight excluding hydrogens is 386 g/mol. The minimum atomic E-state index is -1.04. The summed E-state index contributed by atoms with van der Waals surface area (Å²) in [6, 6.07) is 4.41. The first-order valence-electron chi connectivity index (χ1n) is 8.94. The second-order valence-electron chi connectivity index (χ2n) is 6.70. The van der Waals surface area contributed by atoms with E-state index in [1.807, 2.05) is 0 Å². The number of hydrogen-bond donors (Lipinski definition) is 1. The number of benzene rings is 1. The molecule has 2 atom stereocenters. The van der Waals surface area contributed by atoms with Crippen molar-refractivity contribution in [2.45, 2.75) is 24.5 Å². The molecule has 152 valence electrons. The van der Waals surface area contributed by atoms with E-state index in [0.29, 0.717) is 24.2 Å². The van der Waals surface area contributed by atoms with Crippen LogP contribution in [0.4, 0.5) is 8.78 Å². The third-order valence-electron chi connectivity index (χ3n) is 5.01. The average Bonchev–Trinajstić information content (AvgIpc) is 3.14. The Kier molecular flexibility index (Phi) is 5.10. The van der Waals surface area contributed by atoms with Crippen molar-refractivity contribution in [1.82, 2.24) is 9.97 Å². The van der Waals surface area contributed by atoms with Gasteiger partial charge in [0.2, 0.25) is 12.7 Å². The maximum Gasteiger partial charge on any atom is 0.283 e. The Labute approximate surface area is 164 Å². The second kappa shape index (κ2) is 7.70. The van der Waals surface area contributed by atoms with Gasteiger partial charge in [-0.15, -0.1) is 0 Å². The number of carbonyl (C=O) groups is 1. The van der Waals surface area contributed by atoms with Crippen LogP contribution in [0.1, 0.15) is 28.0 Å². The maximum absolute atomic E-state index is 14.7. The molecule has 0 spiro atoms. The molecular formula is C19H18F2N4O4. The molecule has 0 radical (unpaired) electrons. The Balaban J connectivity index is 1.60. The molecule has 0 saturated carbocycles. The Morgan fingerprint density at radius 1 is 1.34 bits per heavy atom. The van der Waals surface area contributed by atoms with Crippen molar-refractivity contribution in [1.29, 1.82) is 0 Å². The fourth-order valence-corrected chi connectivity index (χ4v) is 3.61. The van der Waals surface area contributed by atoms with Gasteiger partial charge >= 0.3 is 0 Å². The van der Waals surface area contributed by atoms with Crippen LogP contribution in [0.5, 0.6) is 5.88 Å². The largest absolute Gasteiger partial charge is 0.463 e. The van der Waals surface area contributed by atoms with Crippen molar-refractivity contribution in [3.63, 3.8) is 0 Å². The lowest BCUT2D eigenvalue weighted by molar-refractivity contribution is 0.0208. The van der Waals surface area contributed by atoms with E-state index in [1.165, 1.54) is 24.5 Å². The number of aromatic nitrogens is 2. The van der Waals surface area contributed by atoms with Crippen LogP contribution in [0.2, 0.25) is 0 Å². The van der Waals surface area contributed by atoms with E-state index in [1.54, 1.807) is 6.07 Å². The molecule has 1 fully saturated rings. The van der Waals surface area contributed by atoms with Gasteiger partial charge in [-0.1, -0.05) is 6.07 Å². The number of rotatable bonds is 6. The Hall–Kier alpha value is -3.14. The van der Waals surface area contributed by atoms with E-state index in [9.17, 15) is 13.6 Å². The van der Waals surface area contributed by atoms with Crippen molar-refractivity contribution in [3.8, 4) is 5.88 Å². The number of alkyl halides is 1. The van der Waals surface area contributed by atoms with E-state index in [2.05, 4.69) is 19.7 Å². The van der Waals surface area contributed by atoms with E-state index >= 15 is 0 Å². The van der Waals surface area contributed by atoms with Gasteiger partial charge in [0, 0.05) is 18.4 Å². The van der Waals surface area contributed by atoms with Crippen LogP contribution < -0.4 is 10.5 Å². The predicted octanol–water partition coefficient (Wildman–Crippen LogP) is 1.68. The van der Waals surface area contributed by atoms with E-state index in [0.717, 1.165) is 0 Å². The molecule has 0 unspecified atom stereocenters. The van der Waals surface area contributed by atoms with Crippen LogP contribution in [0.15, 0.2) is 35.6 Å². The summed E-state index contributed by atoms with van der Waals surface area (Å²) in [5.41, 5.74) is 5.75. The molecule has 29 heavy (non-hydrogen) atoms. The van der Waals surface area contributed by atoms with Crippen molar-refractivity contribution in [2.75, 3.05) is 20.1 Å². The Bertz CT molecular complexity index is 954. The maximum atomic E-state index is 14.7. The molecule has 0 amide bonds. The number of amidine groups is 1. The third kappa shape index (κ3) is 3.63. The van der Waals surface area contributed by atoms with Gasteiger partial charge in [0.05, 0.1) is 19.0 Å². The van der Waals surface area contributed by atoms with Crippen LogP contribution in [0.3, 0.4) is 0 Å². The number of carbonyl (C=O) groups excluding carboxylic acids is 1. The SMILES string of the molecule is NC1=N[C@@]2(c3cc(CC(=O)c4cnc(OCF)cn4)ccc3F)CCO[C@H]2CO1. The Morgan fingerprint density at radius 2 is 2.21 bits per heavy atom. The first kappa shape index (κ1) is 19.2. The monoisotopic (exact) mass is 404 g/mol. The highest BCUT2D eigenvalue weighted by Crippen LogP contribution is 2.43. The number of aliphatic imine (C=N–C) groups is 1. The van der Waals surface area contributed by atoms with Gasteiger partial charge in [-0.2, -0.15) is 0 Å². The van der Waals surface area contributed by atoms with Crippen LogP contribution in [-0.2, 0) is 21.4 Å². The summed E-state index contributed by atoms with van der Waals surface area (Å²) in [5, 5.41) is 0.